The molecule has 6 rings (SSSR count). The quantitative estimate of drug-likeness (QED) is 0.818. The van der Waals surface area contributed by atoms with Crippen molar-refractivity contribution in [1.82, 2.24) is 10.2 Å². The summed E-state index contributed by atoms with van der Waals surface area (Å²) in [5, 5.41) is 3.88. The average Bonchev–Trinajstić information content (AvgIpc) is 3.12. The number of fused-ring (bicyclic) bond motifs is 4. The van der Waals surface area contributed by atoms with Gasteiger partial charge in [0.25, 0.3) is 0 Å². The summed E-state index contributed by atoms with van der Waals surface area (Å²) in [7, 11) is 0. The zero-order valence-electron chi connectivity index (χ0n) is 16.0. The van der Waals surface area contributed by atoms with Crippen LogP contribution >= 0.6 is 12.4 Å². The van der Waals surface area contributed by atoms with Crippen LogP contribution < -0.4 is 5.32 Å². The molecule has 1 saturated carbocycles. The fourth-order valence-electron chi connectivity index (χ4n) is 6.08. The molecule has 3 aliphatic heterocycles. The lowest BCUT2D eigenvalue weighted by Crippen LogP contribution is -2.55. The van der Waals surface area contributed by atoms with Crippen LogP contribution in [0.4, 0.5) is 0 Å². The number of halogens is 1. The standard InChI is InChI=1S/C24H30N2.ClH/c1-3-9-19(10-4-1)21-15-24(26-13-7-8-14-26)16-22(23(21)17-25-18-24)20-11-5-2-6-12-20;/h1-6,9-12,21-23,25H,7-8,13-18H2;1H. The Morgan fingerprint density at radius 3 is 1.81 bits per heavy atom. The highest BCUT2D eigenvalue weighted by atomic mass is 35.5. The van der Waals surface area contributed by atoms with Gasteiger partial charge in [-0.3, -0.25) is 4.90 Å². The van der Waals surface area contributed by atoms with Gasteiger partial charge in [0.05, 0.1) is 0 Å². The lowest BCUT2D eigenvalue weighted by Gasteiger charge is -2.50. The van der Waals surface area contributed by atoms with E-state index in [9.17, 15) is 0 Å². The highest BCUT2D eigenvalue weighted by Crippen LogP contribution is 2.53. The van der Waals surface area contributed by atoms with Gasteiger partial charge in [0, 0.05) is 12.1 Å². The van der Waals surface area contributed by atoms with E-state index in [0.717, 1.165) is 13.1 Å². The van der Waals surface area contributed by atoms with Crippen molar-refractivity contribution in [3.63, 3.8) is 0 Å². The minimum atomic E-state index is 0. The molecule has 1 N–H and O–H groups in total. The summed E-state index contributed by atoms with van der Waals surface area (Å²) < 4.78 is 0. The Kier molecular flexibility index (Phi) is 5.59. The highest BCUT2D eigenvalue weighted by Gasteiger charge is 2.51. The lowest BCUT2D eigenvalue weighted by molar-refractivity contribution is 0.0543. The Morgan fingerprint density at radius 1 is 0.778 bits per heavy atom. The van der Waals surface area contributed by atoms with Crippen LogP contribution in [0.5, 0.6) is 0 Å². The van der Waals surface area contributed by atoms with E-state index >= 15 is 0 Å². The Bertz CT molecular complexity index is 677. The number of rotatable bonds is 3. The van der Waals surface area contributed by atoms with Crippen LogP contribution in [-0.4, -0.2) is 36.6 Å². The molecular formula is C24H31ClN2. The van der Waals surface area contributed by atoms with Crippen LogP contribution in [0.25, 0.3) is 0 Å². The van der Waals surface area contributed by atoms with E-state index in [2.05, 4.69) is 70.9 Å². The molecule has 3 heteroatoms. The van der Waals surface area contributed by atoms with Crippen LogP contribution in [0.2, 0.25) is 0 Å². The number of nitrogens with one attached hydrogen (secondary N) is 1. The van der Waals surface area contributed by atoms with Crippen molar-refractivity contribution in [2.45, 2.75) is 43.1 Å². The van der Waals surface area contributed by atoms with Crippen molar-refractivity contribution in [2.75, 3.05) is 26.2 Å². The summed E-state index contributed by atoms with van der Waals surface area (Å²) in [6, 6.07) is 22.7. The van der Waals surface area contributed by atoms with E-state index in [0.29, 0.717) is 23.3 Å². The van der Waals surface area contributed by atoms with Crippen LogP contribution in [0, 0.1) is 5.92 Å². The first-order valence-electron chi connectivity index (χ1n) is 10.4. The summed E-state index contributed by atoms with van der Waals surface area (Å²) in [5.74, 6) is 2.01. The summed E-state index contributed by atoms with van der Waals surface area (Å²) >= 11 is 0. The number of hydrogen-bond donors (Lipinski definition) is 1. The second kappa shape index (κ2) is 7.95. The molecule has 1 aliphatic carbocycles. The molecule has 4 fully saturated rings. The Balaban J connectivity index is 0.00000180. The van der Waals surface area contributed by atoms with Crippen molar-refractivity contribution >= 4 is 12.4 Å². The zero-order chi connectivity index (χ0) is 17.4. The second-order valence-corrected chi connectivity index (χ2v) is 8.66. The first-order chi connectivity index (χ1) is 12.9. The minimum absolute atomic E-state index is 0. The number of nitrogens with zero attached hydrogens (tertiary/aromatic N) is 1. The third-order valence-electron chi connectivity index (χ3n) is 7.30. The van der Waals surface area contributed by atoms with E-state index < -0.39 is 0 Å². The lowest BCUT2D eigenvalue weighted by atomic mass is 9.61. The van der Waals surface area contributed by atoms with Gasteiger partial charge in [-0.25, -0.2) is 0 Å². The summed E-state index contributed by atoms with van der Waals surface area (Å²) in [5.41, 5.74) is 3.42. The van der Waals surface area contributed by atoms with Gasteiger partial charge in [0.15, 0.2) is 0 Å². The molecule has 3 saturated heterocycles. The van der Waals surface area contributed by atoms with Gasteiger partial charge in [-0.1, -0.05) is 60.7 Å². The molecule has 2 aromatic carbocycles. The molecule has 3 heterocycles. The number of hydrogen-bond acceptors (Lipinski definition) is 2. The molecule has 144 valence electrons. The molecule has 2 atom stereocenters. The van der Waals surface area contributed by atoms with Crippen molar-refractivity contribution < 1.29 is 0 Å². The maximum absolute atomic E-state index is 3.88. The van der Waals surface area contributed by atoms with Crippen LogP contribution in [0.15, 0.2) is 60.7 Å². The molecule has 2 nitrogen and oxygen atoms in total. The summed E-state index contributed by atoms with van der Waals surface area (Å²) in [6.07, 6.45) is 5.38. The van der Waals surface area contributed by atoms with Gasteiger partial charge in [0.1, 0.15) is 0 Å². The molecule has 0 amide bonds. The first-order valence-corrected chi connectivity index (χ1v) is 10.4. The monoisotopic (exact) mass is 382 g/mol. The fraction of sp³-hybridized carbons (Fsp3) is 0.500. The smallest absolute Gasteiger partial charge is 0.0345 e. The maximum atomic E-state index is 3.88. The molecular weight excluding hydrogens is 352 g/mol. The normalized spacial score (nSPS) is 33.4. The molecule has 4 aliphatic rings. The van der Waals surface area contributed by atoms with Crippen LogP contribution in [-0.2, 0) is 0 Å². The Morgan fingerprint density at radius 2 is 1.30 bits per heavy atom. The topological polar surface area (TPSA) is 15.3 Å². The Labute approximate surface area is 169 Å². The van der Waals surface area contributed by atoms with Crippen molar-refractivity contribution in [3.8, 4) is 0 Å². The van der Waals surface area contributed by atoms with E-state index in [4.69, 9.17) is 0 Å². The Hall–Kier alpha value is -1.35. The number of likely N-dealkylation sites (tertiary alicyclic amines) is 1. The van der Waals surface area contributed by atoms with Crippen LogP contribution in [0.3, 0.4) is 0 Å². The largest absolute Gasteiger partial charge is 0.315 e. The maximum Gasteiger partial charge on any atom is 0.0345 e. The van der Waals surface area contributed by atoms with Crippen molar-refractivity contribution in [3.05, 3.63) is 71.8 Å². The van der Waals surface area contributed by atoms with Gasteiger partial charge in [0.2, 0.25) is 0 Å². The first kappa shape index (κ1) is 19.0. The van der Waals surface area contributed by atoms with E-state index in [1.54, 1.807) is 11.1 Å². The van der Waals surface area contributed by atoms with Gasteiger partial charge >= 0.3 is 0 Å². The van der Waals surface area contributed by atoms with E-state index in [-0.39, 0.29) is 12.4 Å². The molecule has 2 bridgehead atoms. The van der Waals surface area contributed by atoms with E-state index in [1.165, 1.54) is 38.8 Å². The third-order valence-corrected chi connectivity index (χ3v) is 7.30. The molecule has 0 aromatic heterocycles. The minimum Gasteiger partial charge on any atom is -0.315 e. The summed E-state index contributed by atoms with van der Waals surface area (Å²) in [6.45, 7) is 4.88. The predicted octanol–water partition coefficient (Wildman–Crippen LogP) is 4.82. The third kappa shape index (κ3) is 3.44. The van der Waals surface area contributed by atoms with Gasteiger partial charge in [-0.2, -0.15) is 0 Å². The fourth-order valence-corrected chi connectivity index (χ4v) is 6.08. The molecule has 27 heavy (non-hydrogen) atoms. The SMILES string of the molecule is Cl.c1ccc(C2CC3(N4CCCC4)CNCC2C(c2ccccc2)C3)cc1. The molecule has 2 aromatic rings. The predicted molar refractivity (Wildman–Crippen MR) is 115 cm³/mol. The van der Waals surface area contributed by atoms with Crippen LogP contribution in [0.1, 0.15) is 48.6 Å². The second-order valence-electron chi connectivity index (χ2n) is 8.66. The molecule has 0 spiro atoms. The van der Waals surface area contributed by atoms with Gasteiger partial charge in [-0.15, -0.1) is 12.4 Å². The zero-order valence-corrected chi connectivity index (χ0v) is 16.8. The molecule has 0 radical (unpaired) electrons. The van der Waals surface area contributed by atoms with Crippen molar-refractivity contribution in [2.24, 2.45) is 5.92 Å². The van der Waals surface area contributed by atoms with Gasteiger partial charge < -0.3 is 5.32 Å². The molecule has 2 unspecified atom stereocenters. The average molecular weight is 383 g/mol. The highest BCUT2D eigenvalue weighted by molar-refractivity contribution is 5.85. The van der Waals surface area contributed by atoms with E-state index in [1.807, 2.05) is 0 Å². The van der Waals surface area contributed by atoms with Gasteiger partial charge in [-0.05, 0) is 74.2 Å². The number of benzene rings is 2. The van der Waals surface area contributed by atoms with Crippen molar-refractivity contribution in [1.29, 1.82) is 0 Å². The summed E-state index contributed by atoms with van der Waals surface area (Å²) in [4.78, 5) is 2.84.